The van der Waals surface area contributed by atoms with E-state index in [1.807, 2.05) is 0 Å². The van der Waals surface area contributed by atoms with Gasteiger partial charge in [0.05, 0.1) is 30.7 Å². The number of ether oxygens (including phenoxy) is 1. The molecule has 2 N–H and O–H groups in total. The van der Waals surface area contributed by atoms with Gasteiger partial charge < -0.3 is 15.4 Å². The number of methoxy groups -OCH3 is 1. The van der Waals surface area contributed by atoms with Gasteiger partial charge >= 0.3 is 5.97 Å². The molecule has 3 rings (SSSR count). The Balaban J connectivity index is 2.05. The molecule has 0 bridgehead atoms. The lowest BCUT2D eigenvalue weighted by atomic mass is 9.95. The molecule has 1 aliphatic rings. The first-order valence-corrected chi connectivity index (χ1v) is 7.71. The topological polar surface area (TPSA) is 85.5 Å². The first-order valence-electron chi connectivity index (χ1n) is 7.71. The van der Waals surface area contributed by atoms with Crippen LogP contribution >= 0.6 is 0 Å². The molecule has 2 aromatic rings. The van der Waals surface area contributed by atoms with Crippen molar-refractivity contribution in [1.29, 1.82) is 0 Å². The summed E-state index contributed by atoms with van der Waals surface area (Å²) in [4.78, 5) is 29.1. The molecule has 1 aromatic carbocycles. The Morgan fingerprint density at radius 1 is 1.36 bits per heavy atom. The molecule has 0 radical (unpaired) electrons. The van der Waals surface area contributed by atoms with Gasteiger partial charge in [-0.15, -0.1) is 0 Å². The van der Waals surface area contributed by atoms with Crippen LogP contribution in [0.15, 0.2) is 30.3 Å². The molecular formula is C17H17F2N3O3. The van der Waals surface area contributed by atoms with Crippen LogP contribution in [0.5, 0.6) is 0 Å². The summed E-state index contributed by atoms with van der Waals surface area (Å²) in [5.41, 5.74) is 6.09. The third-order valence-electron chi connectivity index (χ3n) is 4.23. The number of aromatic nitrogens is 1. The summed E-state index contributed by atoms with van der Waals surface area (Å²) in [5.74, 6) is -5.23. The molecule has 1 atom stereocenters. The number of alkyl halides is 2. The van der Waals surface area contributed by atoms with Gasteiger partial charge in [0, 0.05) is 18.4 Å². The number of pyridine rings is 1. The second-order valence-corrected chi connectivity index (χ2v) is 6.07. The fourth-order valence-electron chi connectivity index (χ4n) is 3.13. The molecule has 1 fully saturated rings. The minimum atomic E-state index is -3.07. The highest BCUT2D eigenvalue weighted by atomic mass is 19.3. The summed E-state index contributed by atoms with van der Waals surface area (Å²) in [6.07, 6.45) is -0.577. The van der Waals surface area contributed by atoms with E-state index in [1.54, 1.807) is 24.3 Å². The average molecular weight is 349 g/mol. The second-order valence-electron chi connectivity index (χ2n) is 6.07. The van der Waals surface area contributed by atoms with E-state index in [9.17, 15) is 18.4 Å². The van der Waals surface area contributed by atoms with Crippen molar-refractivity contribution < 1.29 is 23.1 Å². The van der Waals surface area contributed by atoms with Gasteiger partial charge in [-0.05, 0) is 12.1 Å². The Kier molecular flexibility index (Phi) is 4.28. The summed E-state index contributed by atoms with van der Waals surface area (Å²) < 4.78 is 32.8. The molecule has 0 aliphatic carbocycles. The highest BCUT2D eigenvalue weighted by Gasteiger charge is 2.44. The van der Waals surface area contributed by atoms with E-state index in [1.165, 1.54) is 18.1 Å². The van der Waals surface area contributed by atoms with E-state index in [2.05, 4.69) is 9.72 Å². The molecule has 25 heavy (non-hydrogen) atoms. The number of carbonyl (C=O) groups is 2. The highest BCUT2D eigenvalue weighted by Crippen LogP contribution is 2.34. The number of nitrogens with two attached hydrogens (primary N) is 1. The number of hydrogen-bond donors (Lipinski definition) is 1. The fraction of sp³-hybridized carbons (Fsp3) is 0.353. The zero-order valence-corrected chi connectivity index (χ0v) is 13.5. The summed E-state index contributed by atoms with van der Waals surface area (Å²) in [6.45, 7) is -0.560. The van der Waals surface area contributed by atoms with Crippen LogP contribution in [0.2, 0.25) is 0 Å². The van der Waals surface area contributed by atoms with Crippen molar-refractivity contribution >= 4 is 28.6 Å². The van der Waals surface area contributed by atoms with Crippen molar-refractivity contribution in [2.45, 2.75) is 12.3 Å². The lowest BCUT2D eigenvalue weighted by Crippen LogP contribution is -2.49. The number of fused-ring (bicyclic) bond motifs is 1. The largest absolute Gasteiger partial charge is 0.469 e. The standard InChI is InChI=1S/C17H17F2N3O3/c1-25-16(24)10-7-17(18,19)9-22(8-10)14-6-12(15(20)23)11-4-2-3-5-13(11)21-14/h2-6,10H,7-9H2,1H3,(H2,20,23). The molecule has 1 aromatic heterocycles. The molecule has 1 aliphatic heterocycles. The fourth-order valence-corrected chi connectivity index (χ4v) is 3.13. The van der Waals surface area contributed by atoms with Gasteiger partial charge in [-0.3, -0.25) is 9.59 Å². The summed E-state index contributed by atoms with van der Waals surface area (Å²) in [5, 5.41) is 0.548. The Hall–Kier alpha value is -2.77. The predicted molar refractivity (Wildman–Crippen MR) is 87.5 cm³/mol. The van der Waals surface area contributed by atoms with Crippen molar-refractivity contribution in [1.82, 2.24) is 4.98 Å². The SMILES string of the molecule is COC(=O)C1CN(c2cc(C(N)=O)c3ccccc3n2)CC(F)(F)C1. The number of carbonyl (C=O) groups excluding carboxylic acids is 2. The quantitative estimate of drug-likeness (QED) is 0.857. The molecule has 8 heteroatoms. The molecule has 132 valence electrons. The Morgan fingerprint density at radius 2 is 2.08 bits per heavy atom. The minimum Gasteiger partial charge on any atom is -0.469 e. The van der Waals surface area contributed by atoms with Gasteiger partial charge in [-0.25, -0.2) is 13.8 Å². The van der Waals surface area contributed by atoms with Gasteiger partial charge in [0.15, 0.2) is 0 Å². The molecule has 0 saturated carbocycles. The van der Waals surface area contributed by atoms with E-state index in [0.717, 1.165) is 0 Å². The number of para-hydroxylation sites is 1. The van der Waals surface area contributed by atoms with Crippen LogP contribution < -0.4 is 10.6 Å². The maximum atomic E-state index is 14.1. The van der Waals surface area contributed by atoms with Crippen LogP contribution in [0.4, 0.5) is 14.6 Å². The van der Waals surface area contributed by atoms with Crippen molar-refractivity contribution in [3.63, 3.8) is 0 Å². The Bertz CT molecular complexity index is 841. The number of piperidine rings is 1. The van der Waals surface area contributed by atoms with Crippen molar-refractivity contribution in [3.8, 4) is 0 Å². The zero-order chi connectivity index (χ0) is 18.2. The lowest BCUT2D eigenvalue weighted by Gasteiger charge is -2.37. The molecule has 6 nitrogen and oxygen atoms in total. The third-order valence-corrected chi connectivity index (χ3v) is 4.23. The normalized spacial score (nSPS) is 19.6. The molecule has 0 spiro atoms. The summed E-state index contributed by atoms with van der Waals surface area (Å²) in [7, 11) is 1.17. The maximum absolute atomic E-state index is 14.1. The Morgan fingerprint density at radius 3 is 2.76 bits per heavy atom. The Labute approximate surface area is 142 Å². The monoisotopic (exact) mass is 349 g/mol. The first kappa shape index (κ1) is 17.1. The van der Waals surface area contributed by atoms with Crippen LogP contribution in [0.1, 0.15) is 16.8 Å². The van der Waals surface area contributed by atoms with Crippen molar-refractivity contribution in [2.75, 3.05) is 25.1 Å². The molecule has 2 heterocycles. The number of primary amides is 1. The number of benzene rings is 1. The van der Waals surface area contributed by atoms with Gasteiger partial charge in [-0.2, -0.15) is 0 Å². The van der Waals surface area contributed by atoms with Crippen molar-refractivity contribution in [2.24, 2.45) is 11.7 Å². The van der Waals surface area contributed by atoms with Gasteiger partial charge in [0.1, 0.15) is 5.82 Å². The van der Waals surface area contributed by atoms with E-state index in [0.29, 0.717) is 10.9 Å². The predicted octanol–water partition coefficient (Wildman–Crippen LogP) is 1.97. The van der Waals surface area contributed by atoms with Crippen LogP contribution in [-0.2, 0) is 9.53 Å². The number of rotatable bonds is 3. The number of nitrogens with zero attached hydrogens (tertiary/aromatic N) is 2. The van der Waals surface area contributed by atoms with Gasteiger partial charge in [0.2, 0.25) is 5.91 Å². The highest BCUT2D eigenvalue weighted by molar-refractivity contribution is 6.06. The first-order chi connectivity index (χ1) is 11.8. The molecule has 1 amide bonds. The number of halogens is 2. The zero-order valence-electron chi connectivity index (χ0n) is 13.5. The van der Waals surface area contributed by atoms with E-state index in [4.69, 9.17) is 5.73 Å². The third kappa shape index (κ3) is 3.38. The number of esters is 1. The van der Waals surface area contributed by atoms with E-state index < -0.39 is 36.7 Å². The summed E-state index contributed by atoms with van der Waals surface area (Å²) >= 11 is 0. The summed E-state index contributed by atoms with van der Waals surface area (Å²) in [6, 6.07) is 8.21. The van der Waals surface area contributed by atoms with Crippen LogP contribution in [0.25, 0.3) is 10.9 Å². The smallest absolute Gasteiger partial charge is 0.310 e. The lowest BCUT2D eigenvalue weighted by molar-refractivity contribution is -0.150. The van der Waals surface area contributed by atoms with Gasteiger partial charge in [0.25, 0.3) is 5.92 Å². The number of amides is 1. The van der Waals surface area contributed by atoms with Gasteiger partial charge in [-0.1, -0.05) is 18.2 Å². The minimum absolute atomic E-state index is 0.0335. The number of anilines is 1. The van der Waals surface area contributed by atoms with Crippen LogP contribution in [0.3, 0.4) is 0 Å². The van der Waals surface area contributed by atoms with E-state index in [-0.39, 0.29) is 17.9 Å². The van der Waals surface area contributed by atoms with Crippen LogP contribution in [-0.4, -0.2) is 43.0 Å². The van der Waals surface area contributed by atoms with E-state index >= 15 is 0 Å². The van der Waals surface area contributed by atoms with Crippen LogP contribution in [0, 0.1) is 5.92 Å². The maximum Gasteiger partial charge on any atom is 0.310 e. The van der Waals surface area contributed by atoms with Crippen molar-refractivity contribution in [3.05, 3.63) is 35.9 Å². The molecule has 1 unspecified atom stereocenters. The molecule has 1 saturated heterocycles. The second kappa shape index (κ2) is 6.27. The average Bonchev–Trinajstić information content (AvgIpc) is 2.58. The number of hydrogen-bond acceptors (Lipinski definition) is 5. The molecular weight excluding hydrogens is 332 g/mol.